The fraction of sp³-hybridized carbons (Fsp3) is 0.133. The van der Waals surface area contributed by atoms with Gasteiger partial charge in [0, 0.05) is 0 Å². The minimum Gasteiger partial charge on any atom is -0.207 e. The Morgan fingerprint density at radius 3 is 2.48 bits per heavy atom. The number of nitrogens with zero attached hydrogens (tertiary/aromatic N) is 1. The molecule has 2 aromatic rings. The van der Waals surface area contributed by atoms with E-state index in [-0.39, 0.29) is 4.90 Å². The topological polar surface area (TPSA) is 70.0 Å². The van der Waals surface area contributed by atoms with Gasteiger partial charge in [0.25, 0.3) is 0 Å². The minimum absolute atomic E-state index is 0.168. The van der Waals surface area contributed by atoms with Gasteiger partial charge in [-0.05, 0) is 30.2 Å². The maximum atomic E-state index is 13.3. The van der Waals surface area contributed by atoms with E-state index in [1.165, 1.54) is 12.1 Å². The lowest BCUT2D eigenvalue weighted by Gasteiger charge is -2.14. The molecule has 0 radical (unpaired) electrons. The largest absolute Gasteiger partial charge is 0.242 e. The van der Waals surface area contributed by atoms with Crippen LogP contribution in [0.4, 0.5) is 4.39 Å². The smallest absolute Gasteiger partial charge is 0.207 e. The van der Waals surface area contributed by atoms with Crippen LogP contribution in [-0.2, 0) is 10.0 Å². The summed E-state index contributed by atoms with van der Waals surface area (Å²) in [4.78, 5) is -0.168. The van der Waals surface area contributed by atoms with Crippen LogP contribution in [0.2, 0.25) is 0 Å². The molecule has 0 spiro atoms. The molecule has 0 amide bonds. The van der Waals surface area contributed by atoms with E-state index in [0.717, 1.165) is 6.07 Å². The number of sulfonamides is 1. The maximum Gasteiger partial charge on any atom is 0.242 e. The van der Waals surface area contributed by atoms with Crippen LogP contribution in [0.25, 0.3) is 0 Å². The molecule has 6 heteroatoms. The highest BCUT2D eigenvalue weighted by Gasteiger charge is 2.23. The van der Waals surface area contributed by atoms with E-state index >= 15 is 0 Å². The Balaban J connectivity index is 2.37. The van der Waals surface area contributed by atoms with Crippen molar-refractivity contribution in [2.75, 3.05) is 0 Å². The highest BCUT2D eigenvalue weighted by Crippen LogP contribution is 2.20. The molecule has 0 aliphatic heterocycles. The molecule has 0 bridgehead atoms. The molecule has 4 nitrogen and oxygen atoms in total. The standard InChI is InChI=1S/C15H13FN2O2S/c1-11-7-8-13(16)9-15(11)21(19,20)18-14(10-17)12-5-3-2-4-6-12/h2-9,14,18H,1H3. The van der Waals surface area contributed by atoms with Gasteiger partial charge in [-0.2, -0.15) is 9.98 Å². The summed E-state index contributed by atoms with van der Waals surface area (Å²) in [6, 6.07) is 12.9. The van der Waals surface area contributed by atoms with E-state index in [1.807, 2.05) is 6.07 Å². The zero-order valence-corrected chi connectivity index (χ0v) is 12.1. The van der Waals surface area contributed by atoms with Gasteiger partial charge in [0.05, 0.1) is 11.0 Å². The van der Waals surface area contributed by atoms with Crippen LogP contribution >= 0.6 is 0 Å². The van der Waals surface area contributed by atoms with Crippen LogP contribution in [0.15, 0.2) is 53.4 Å². The molecule has 2 rings (SSSR count). The lowest BCUT2D eigenvalue weighted by molar-refractivity contribution is 0.571. The number of nitriles is 1. The Morgan fingerprint density at radius 1 is 1.19 bits per heavy atom. The third-order valence-corrected chi connectivity index (χ3v) is 4.54. The number of hydrogen-bond donors (Lipinski definition) is 1. The second-order valence-corrected chi connectivity index (χ2v) is 6.19. The zero-order chi connectivity index (χ0) is 15.5. The number of rotatable bonds is 4. The predicted molar refractivity (Wildman–Crippen MR) is 76.3 cm³/mol. The normalized spacial score (nSPS) is 12.6. The summed E-state index contributed by atoms with van der Waals surface area (Å²) in [5, 5.41) is 9.16. The Labute approximate surface area is 122 Å². The zero-order valence-electron chi connectivity index (χ0n) is 11.2. The third kappa shape index (κ3) is 3.45. The molecule has 0 heterocycles. The fourth-order valence-electron chi connectivity index (χ4n) is 1.90. The van der Waals surface area contributed by atoms with E-state index in [1.54, 1.807) is 37.3 Å². The first kappa shape index (κ1) is 15.2. The van der Waals surface area contributed by atoms with Crippen LogP contribution in [-0.4, -0.2) is 8.42 Å². The average molecular weight is 304 g/mol. The first-order chi connectivity index (χ1) is 9.94. The number of hydrogen-bond acceptors (Lipinski definition) is 3. The quantitative estimate of drug-likeness (QED) is 0.944. The monoisotopic (exact) mass is 304 g/mol. The first-order valence-corrected chi connectivity index (χ1v) is 7.65. The maximum absolute atomic E-state index is 13.3. The van der Waals surface area contributed by atoms with Gasteiger partial charge in [-0.15, -0.1) is 0 Å². The second kappa shape index (κ2) is 6.04. The highest BCUT2D eigenvalue weighted by atomic mass is 32.2. The average Bonchev–Trinajstić information content (AvgIpc) is 2.48. The SMILES string of the molecule is Cc1ccc(F)cc1S(=O)(=O)NC(C#N)c1ccccc1. The van der Waals surface area contributed by atoms with Gasteiger partial charge in [0.15, 0.2) is 0 Å². The molecule has 0 saturated heterocycles. The predicted octanol–water partition coefficient (Wildman–Crippen LogP) is 2.68. The van der Waals surface area contributed by atoms with E-state index in [4.69, 9.17) is 5.26 Å². The van der Waals surface area contributed by atoms with Crippen LogP contribution < -0.4 is 4.72 Å². The molecule has 0 fully saturated rings. The molecule has 0 aromatic heterocycles. The Bertz CT molecular complexity index is 783. The van der Waals surface area contributed by atoms with Crippen LogP contribution in [0, 0.1) is 24.1 Å². The van der Waals surface area contributed by atoms with Crippen LogP contribution in [0.3, 0.4) is 0 Å². The molecule has 0 saturated carbocycles. The summed E-state index contributed by atoms with van der Waals surface area (Å²) in [5.74, 6) is -0.644. The summed E-state index contributed by atoms with van der Waals surface area (Å²) < 4.78 is 40.2. The summed E-state index contributed by atoms with van der Waals surface area (Å²) in [5.41, 5.74) is 0.936. The van der Waals surface area contributed by atoms with Gasteiger partial charge in [-0.3, -0.25) is 0 Å². The summed E-state index contributed by atoms with van der Waals surface area (Å²) in [7, 11) is -3.99. The van der Waals surface area contributed by atoms with Crippen molar-refractivity contribution in [3.63, 3.8) is 0 Å². The van der Waals surface area contributed by atoms with Gasteiger partial charge in [-0.1, -0.05) is 36.4 Å². The molecule has 21 heavy (non-hydrogen) atoms. The second-order valence-electron chi connectivity index (χ2n) is 4.50. The van der Waals surface area contributed by atoms with Gasteiger partial charge >= 0.3 is 0 Å². The van der Waals surface area contributed by atoms with Crippen molar-refractivity contribution in [3.8, 4) is 6.07 Å². The van der Waals surface area contributed by atoms with Gasteiger partial charge in [0.2, 0.25) is 10.0 Å². The Morgan fingerprint density at radius 2 is 1.86 bits per heavy atom. The third-order valence-electron chi connectivity index (χ3n) is 2.97. The van der Waals surface area contributed by atoms with Crippen LogP contribution in [0.5, 0.6) is 0 Å². The molecule has 0 aliphatic rings. The van der Waals surface area contributed by atoms with Crippen molar-refractivity contribution in [2.24, 2.45) is 0 Å². The number of benzene rings is 2. The molecule has 1 N–H and O–H groups in total. The molecular formula is C15H13FN2O2S. The molecule has 2 aromatic carbocycles. The van der Waals surface area contributed by atoms with Gasteiger partial charge in [-0.25, -0.2) is 12.8 Å². The Hall–Kier alpha value is -2.23. The summed E-state index contributed by atoms with van der Waals surface area (Å²) in [6.07, 6.45) is 0. The molecule has 1 unspecified atom stereocenters. The summed E-state index contributed by atoms with van der Waals surface area (Å²) in [6.45, 7) is 1.57. The molecule has 0 aliphatic carbocycles. The first-order valence-electron chi connectivity index (χ1n) is 6.17. The van der Waals surface area contributed by atoms with Crippen molar-refractivity contribution in [2.45, 2.75) is 17.9 Å². The fourth-order valence-corrected chi connectivity index (χ4v) is 3.28. The molecular weight excluding hydrogens is 291 g/mol. The number of aryl methyl sites for hydroxylation is 1. The van der Waals surface area contributed by atoms with Crippen molar-refractivity contribution in [1.29, 1.82) is 5.26 Å². The van der Waals surface area contributed by atoms with Crippen molar-refractivity contribution >= 4 is 10.0 Å². The van der Waals surface area contributed by atoms with Crippen molar-refractivity contribution < 1.29 is 12.8 Å². The lowest BCUT2D eigenvalue weighted by Crippen LogP contribution is -2.28. The molecule has 108 valence electrons. The van der Waals surface area contributed by atoms with Crippen molar-refractivity contribution in [1.82, 2.24) is 4.72 Å². The van der Waals surface area contributed by atoms with Crippen LogP contribution in [0.1, 0.15) is 17.2 Å². The minimum atomic E-state index is -3.99. The molecule has 1 atom stereocenters. The lowest BCUT2D eigenvalue weighted by atomic mass is 10.1. The number of nitrogens with one attached hydrogen (secondary N) is 1. The highest BCUT2D eigenvalue weighted by molar-refractivity contribution is 7.89. The van der Waals surface area contributed by atoms with E-state index < -0.39 is 21.9 Å². The van der Waals surface area contributed by atoms with E-state index in [2.05, 4.69) is 4.72 Å². The van der Waals surface area contributed by atoms with E-state index in [0.29, 0.717) is 11.1 Å². The number of halogens is 1. The Kier molecular flexibility index (Phi) is 4.36. The summed E-state index contributed by atoms with van der Waals surface area (Å²) >= 11 is 0. The van der Waals surface area contributed by atoms with Crippen molar-refractivity contribution in [3.05, 3.63) is 65.5 Å². The van der Waals surface area contributed by atoms with Gasteiger partial charge in [0.1, 0.15) is 11.9 Å². The van der Waals surface area contributed by atoms with Gasteiger partial charge < -0.3 is 0 Å². The van der Waals surface area contributed by atoms with E-state index in [9.17, 15) is 12.8 Å².